The van der Waals surface area contributed by atoms with Crippen molar-refractivity contribution in [1.29, 1.82) is 0 Å². The van der Waals surface area contributed by atoms with Gasteiger partial charge in [-0.05, 0) is 30.7 Å². The van der Waals surface area contributed by atoms with Crippen LogP contribution in [0.4, 0.5) is 4.39 Å². The predicted molar refractivity (Wildman–Crippen MR) is 52.3 cm³/mol. The highest BCUT2D eigenvalue weighted by Crippen LogP contribution is 2.25. The highest BCUT2D eigenvalue weighted by atomic mass is 79.9. The van der Waals surface area contributed by atoms with E-state index in [2.05, 4.69) is 15.9 Å². The standard InChI is InChI=1S/C9H9BrFNO/c1-5(10)8-4-6(11)2-3-7(8)9(12)13/h2-5H,1H3,(H2,12,13)/t5-/m0/s1. The zero-order valence-corrected chi connectivity index (χ0v) is 8.64. The lowest BCUT2D eigenvalue weighted by Crippen LogP contribution is -2.14. The molecule has 0 heterocycles. The zero-order valence-electron chi connectivity index (χ0n) is 7.05. The van der Waals surface area contributed by atoms with Gasteiger partial charge in [-0.2, -0.15) is 0 Å². The van der Waals surface area contributed by atoms with Gasteiger partial charge in [0.05, 0.1) is 0 Å². The maximum atomic E-state index is 12.8. The minimum absolute atomic E-state index is 0.0919. The molecule has 0 aromatic heterocycles. The maximum Gasteiger partial charge on any atom is 0.249 e. The Hall–Kier alpha value is -0.900. The van der Waals surface area contributed by atoms with Gasteiger partial charge in [0, 0.05) is 10.4 Å². The van der Waals surface area contributed by atoms with E-state index >= 15 is 0 Å². The van der Waals surface area contributed by atoms with E-state index in [4.69, 9.17) is 5.73 Å². The molecular weight excluding hydrogens is 237 g/mol. The molecule has 0 unspecified atom stereocenters. The Kier molecular flexibility index (Phi) is 3.03. The van der Waals surface area contributed by atoms with E-state index in [1.165, 1.54) is 18.2 Å². The molecule has 1 atom stereocenters. The fourth-order valence-corrected chi connectivity index (χ4v) is 1.47. The van der Waals surface area contributed by atoms with Crippen LogP contribution in [0, 0.1) is 5.82 Å². The Morgan fingerprint density at radius 2 is 2.23 bits per heavy atom. The van der Waals surface area contributed by atoms with E-state index in [0.717, 1.165) is 0 Å². The molecular formula is C9H9BrFNO. The van der Waals surface area contributed by atoms with E-state index in [1.807, 2.05) is 0 Å². The second kappa shape index (κ2) is 3.87. The molecule has 70 valence electrons. The molecule has 0 spiro atoms. The van der Waals surface area contributed by atoms with Gasteiger partial charge in [0.25, 0.3) is 0 Å². The summed E-state index contributed by atoms with van der Waals surface area (Å²) in [6, 6.07) is 3.92. The van der Waals surface area contributed by atoms with Gasteiger partial charge in [-0.1, -0.05) is 15.9 Å². The summed E-state index contributed by atoms with van der Waals surface area (Å²) in [6.07, 6.45) is 0. The fraction of sp³-hybridized carbons (Fsp3) is 0.222. The molecule has 0 aliphatic rings. The highest BCUT2D eigenvalue weighted by molar-refractivity contribution is 9.09. The van der Waals surface area contributed by atoms with E-state index in [-0.39, 0.29) is 10.6 Å². The number of alkyl halides is 1. The summed E-state index contributed by atoms with van der Waals surface area (Å²) in [6.45, 7) is 1.81. The molecule has 1 aromatic carbocycles. The second-order valence-corrected chi connectivity index (χ2v) is 4.09. The number of carbonyl (C=O) groups is 1. The van der Waals surface area contributed by atoms with Crippen LogP contribution in [-0.4, -0.2) is 5.91 Å². The number of halogens is 2. The summed E-state index contributed by atoms with van der Waals surface area (Å²) in [7, 11) is 0. The van der Waals surface area contributed by atoms with Crippen LogP contribution in [0.1, 0.15) is 27.7 Å². The first-order valence-electron chi connectivity index (χ1n) is 3.75. The lowest BCUT2D eigenvalue weighted by atomic mass is 10.0. The van der Waals surface area contributed by atoms with Crippen molar-refractivity contribution >= 4 is 21.8 Å². The molecule has 0 saturated heterocycles. The van der Waals surface area contributed by atoms with Crippen LogP contribution >= 0.6 is 15.9 Å². The zero-order chi connectivity index (χ0) is 10.0. The van der Waals surface area contributed by atoms with Crippen LogP contribution in [0.3, 0.4) is 0 Å². The number of hydrogen-bond donors (Lipinski definition) is 1. The number of primary amides is 1. The van der Waals surface area contributed by atoms with Gasteiger partial charge >= 0.3 is 0 Å². The third kappa shape index (κ3) is 2.28. The summed E-state index contributed by atoms with van der Waals surface area (Å²) in [5.41, 5.74) is 6.05. The molecule has 1 amide bonds. The van der Waals surface area contributed by atoms with Crippen LogP contribution in [0.5, 0.6) is 0 Å². The van der Waals surface area contributed by atoms with Crippen LogP contribution < -0.4 is 5.73 Å². The van der Waals surface area contributed by atoms with Gasteiger partial charge in [0.2, 0.25) is 5.91 Å². The molecule has 0 bridgehead atoms. The summed E-state index contributed by atoms with van der Waals surface area (Å²) < 4.78 is 12.8. The van der Waals surface area contributed by atoms with Crippen molar-refractivity contribution in [3.05, 3.63) is 35.1 Å². The second-order valence-electron chi connectivity index (χ2n) is 2.71. The monoisotopic (exact) mass is 245 g/mol. The SMILES string of the molecule is C[C@H](Br)c1cc(F)ccc1C(N)=O. The Morgan fingerprint density at radius 3 is 2.69 bits per heavy atom. The number of nitrogens with two attached hydrogens (primary N) is 1. The van der Waals surface area contributed by atoms with Crippen LogP contribution in [0.2, 0.25) is 0 Å². The van der Waals surface area contributed by atoms with E-state index < -0.39 is 5.91 Å². The van der Waals surface area contributed by atoms with Crippen molar-refractivity contribution in [3.8, 4) is 0 Å². The van der Waals surface area contributed by atoms with Crippen molar-refractivity contribution in [2.24, 2.45) is 5.73 Å². The van der Waals surface area contributed by atoms with Gasteiger partial charge in [-0.3, -0.25) is 4.79 Å². The number of amides is 1. The lowest BCUT2D eigenvalue weighted by molar-refractivity contribution is 0.0999. The van der Waals surface area contributed by atoms with Crippen molar-refractivity contribution in [3.63, 3.8) is 0 Å². The van der Waals surface area contributed by atoms with Crippen LogP contribution in [0.15, 0.2) is 18.2 Å². The van der Waals surface area contributed by atoms with Crippen molar-refractivity contribution < 1.29 is 9.18 Å². The molecule has 0 saturated carbocycles. The van der Waals surface area contributed by atoms with Crippen molar-refractivity contribution in [2.45, 2.75) is 11.8 Å². The molecule has 2 nitrogen and oxygen atoms in total. The molecule has 13 heavy (non-hydrogen) atoms. The number of benzene rings is 1. The smallest absolute Gasteiger partial charge is 0.249 e. The number of hydrogen-bond acceptors (Lipinski definition) is 1. The van der Waals surface area contributed by atoms with Crippen LogP contribution in [-0.2, 0) is 0 Å². The Balaban J connectivity index is 3.26. The molecule has 1 aromatic rings. The van der Waals surface area contributed by atoms with Crippen molar-refractivity contribution in [1.82, 2.24) is 0 Å². The predicted octanol–water partition coefficient (Wildman–Crippen LogP) is 2.38. The Morgan fingerprint density at radius 1 is 1.62 bits per heavy atom. The summed E-state index contributed by atoms with van der Waals surface area (Å²) >= 11 is 3.26. The molecule has 0 aliphatic heterocycles. The number of rotatable bonds is 2. The van der Waals surface area contributed by atoms with Crippen molar-refractivity contribution in [2.75, 3.05) is 0 Å². The molecule has 1 rings (SSSR count). The minimum atomic E-state index is -0.540. The van der Waals surface area contributed by atoms with Gasteiger partial charge in [-0.25, -0.2) is 4.39 Å². The Bertz CT molecular complexity index is 338. The summed E-state index contributed by atoms with van der Waals surface area (Å²) in [4.78, 5) is 10.8. The van der Waals surface area contributed by atoms with Crippen LogP contribution in [0.25, 0.3) is 0 Å². The number of carbonyl (C=O) groups excluding carboxylic acids is 1. The summed E-state index contributed by atoms with van der Waals surface area (Å²) in [5, 5.41) is 0. The van der Waals surface area contributed by atoms with Gasteiger partial charge in [-0.15, -0.1) is 0 Å². The van der Waals surface area contributed by atoms with Gasteiger partial charge in [0.15, 0.2) is 0 Å². The molecule has 0 fully saturated rings. The molecule has 0 aliphatic carbocycles. The molecule has 2 N–H and O–H groups in total. The van der Waals surface area contributed by atoms with E-state index in [0.29, 0.717) is 11.1 Å². The first kappa shape index (κ1) is 10.2. The topological polar surface area (TPSA) is 43.1 Å². The summed E-state index contributed by atoms with van der Waals surface area (Å²) in [5.74, 6) is -0.910. The van der Waals surface area contributed by atoms with Gasteiger partial charge in [0.1, 0.15) is 5.82 Å². The van der Waals surface area contributed by atoms with E-state index in [9.17, 15) is 9.18 Å². The van der Waals surface area contributed by atoms with E-state index in [1.54, 1.807) is 6.92 Å². The third-order valence-corrected chi connectivity index (χ3v) is 2.20. The Labute approximate surface area is 84.1 Å². The first-order chi connectivity index (χ1) is 6.02. The largest absolute Gasteiger partial charge is 0.366 e. The lowest BCUT2D eigenvalue weighted by Gasteiger charge is -2.08. The fourth-order valence-electron chi connectivity index (χ4n) is 1.09. The molecule has 4 heteroatoms. The molecule has 0 radical (unpaired) electrons. The quantitative estimate of drug-likeness (QED) is 0.800. The maximum absolute atomic E-state index is 12.8. The normalized spacial score (nSPS) is 12.5. The minimum Gasteiger partial charge on any atom is -0.366 e. The first-order valence-corrected chi connectivity index (χ1v) is 4.67. The highest BCUT2D eigenvalue weighted by Gasteiger charge is 2.12. The third-order valence-electron chi connectivity index (χ3n) is 1.71. The average molecular weight is 246 g/mol. The van der Waals surface area contributed by atoms with Gasteiger partial charge < -0.3 is 5.73 Å². The average Bonchev–Trinajstić information content (AvgIpc) is 2.03.